The number of carbonyl (C=O) groups is 1. The topological polar surface area (TPSA) is 66.0 Å². The molecule has 0 aromatic heterocycles. The summed E-state index contributed by atoms with van der Waals surface area (Å²) >= 11 is 0. The van der Waals surface area contributed by atoms with E-state index in [-0.39, 0.29) is 29.9 Å². The van der Waals surface area contributed by atoms with Crippen molar-refractivity contribution in [3.8, 4) is 5.75 Å². The van der Waals surface area contributed by atoms with Gasteiger partial charge in [-0.1, -0.05) is 26.3 Å². The summed E-state index contributed by atoms with van der Waals surface area (Å²) in [6.07, 6.45) is 4.96. The number of benzene rings is 1. The summed E-state index contributed by atoms with van der Waals surface area (Å²) in [7, 11) is 1.60. The van der Waals surface area contributed by atoms with Crippen LogP contribution in [0.4, 0.5) is 5.69 Å². The number of ether oxygens (including phenoxy) is 1. The molecule has 7 heteroatoms. The van der Waals surface area contributed by atoms with Gasteiger partial charge in [-0.2, -0.15) is 0 Å². The minimum Gasteiger partial charge on any atom is -0.495 e. The average molecular weight is 516 g/mol. The Hall–Kier alpha value is -1.51. The molecule has 0 bridgehead atoms. The molecule has 1 amide bonds. The molecule has 0 radical (unpaired) electrons. The van der Waals surface area contributed by atoms with Gasteiger partial charge < -0.3 is 20.3 Å². The number of likely N-dealkylation sites (tertiary alicyclic amines) is 1. The molecular formula is C22H37IN4O2. The lowest BCUT2D eigenvalue weighted by atomic mass is 9.78. The van der Waals surface area contributed by atoms with E-state index in [2.05, 4.69) is 36.3 Å². The number of rotatable bonds is 7. The third-order valence-corrected chi connectivity index (χ3v) is 5.25. The highest BCUT2D eigenvalue weighted by atomic mass is 127. The molecule has 1 aliphatic heterocycles. The number of methoxy groups -OCH3 is 1. The summed E-state index contributed by atoms with van der Waals surface area (Å²) in [5.41, 5.74) is 2.08. The lowest BCUT2D eigenvalue weighted by Gasteiger charge is -2.42. The number of hydrogen-bond acceptors (Lipinski definition) is 3. The number of carbonyl (C=O) groups excluding carboxylic acids is 1. The minimum atomic E-state index is -0.115. The highest BCUT2D eigenvalue weighted by molar-refractivity contribution is 14.0. The largest absolute Gasteiger partial charge is 0.495 e. The Labute approximate surface area is 192 Å². The van der Waals surface area contributed by atoms with Crippen molar-refractivity contribution in [2.75, 3.05) is 32.1 Å². The smallest absolute Gasteiger partial charge is 0.221 e. The van der Waals surface area contributed by atoms with Crippen LogP contribution in [0.1, 0.15) is 58.9 Å². The molecule has 6 nitrogen and oxygen atoms in total. The van der Waals surface area contributed by atoms with Gasteiger partial charge in [-0.15, -0.1) is 24.0 Å². The fraction of sp³-hybridized carbons (Fsp3) is 0.636. The molecule has 2 N–H and O–H groups in total. The van der Waals surface area contributed by atoms with E-state index in [1.54, 1.807) is 7.11 Å². The molecule has 1 atom stereocenters. The maximum atomic E-state index is 11.5. The van der Waals surface area contributed by atoms with Gasteiger partial charge in [0.05, 0.1) is 19.3 Å². The van der Waals surface area contributed by atoms with E-state index in [0.717, 1.165) is 31.2 Å². The molecule has 164 valence electrons. The average Bonchev–Trinajstić information content (AvgIpc) is 2.64. The monoisotopic (exact) mass is 516 g/mol. The fourth-order valence-electron chi connectivity index (χ4n) is 4.04. The van der Waals surface area contributed by atoms with Gasteiger partial charge in [0.2, 0.25) is 5.91 Å². The third kappa shape index (κ3) is 7.68. The first kappa shape index (κ1) is 25.5. The highest BCUT2D eigenvalue weighted by Gasteiger charge is 2.31. The predicted octanol–water partition coefficient (Wildman–Crippen LogP) is 4.64. The zero-order valence-electron chi connectivity index (χ0n) is 18.5. The van der Waals surface area contributed by atoms with Crippen molar-refractivity contribution in [1.82, 2.24) is 10.2 Å². The summed E-state index contributed by atoms with van der Waals surface area (Å²) in [4.78, 5) is 18.7. The number of piperidine rings is 1. The van der Waals surface area contributed by atoms with Crippen LogP contribution in [0.5, 0.6) is 5.75 Å². The van der Waals surface area contributed by atoms with Crippen LogP contribution in [0.3, 0.4) is 0 Å². The Morgan fingerprint density at radius 1 is 1.34 bits per heavy atom. The molecule has 1 saturated heterocycles. The summed E-state index contributed by atoms with van der Waals surface area (Å²) in [5, 5.41) is 6.28. The van der Waals surface area contributed by atoms with Gasteiger partial charge in [-0.05, 0) is 49.3 Å². The second kappa shape index (κ2) is 12.2. The quantitative estimate of drug-likeness (QED) is 0.315. The first-order valence-corrected chi connectivity index (χ1v) is 10.4. The summed E-state index contributed by atoms with van der Waals surface area (Å²) in [6.45, 7) is 11.8. The van der Waals surface area contributed by atoms with Crippen molar-refractivity contribution in [1.29, 1.82) is 0 Å². The Morgan fingerprint density at radius 3 is 2.72 bits per heavy atom. The molecule has 1 unspecified atom stereocenters. The standard InChI is InChI=1S/C22H36N4O2.HI/c1-6-11-22(4)12-8-13-26(16-22)21(23-7-2)24-15-18-9-10-20(28-5)19(14-18)25-17(3)27;/h9-10,14H,6-8,11-13,15-16H2,1-5H3,(H,23,24)(H,25,27);1H. The van der Waals surface area contributed by atoms with Gasteiger partial charge in [0.25, 0.3) is 0 Å². The number of nitrogens with zero attached hydrogens (tertiary/aromatic N) is 2. The Kier molecular flexibility index (Phi) is 10.8. The number of hydrogen-bond donors (Lipinski definition) is 2. The van der Waals surface area contributed by atoms with Crippen LogP contribution < -0.4 is 15.4 Å². The zero-order chi connectivity index (χ0) is 20.6. The van der Waals surface area contributed by atoms with E-state index in [1.807, 2.05) is 18.2 Å². The Bertz CT molecular complexity index is 691. The minimum absolute atomic E-state index is 0. The van der Waals surface area contributed by atoms with E-state index in [4.69, 9.17) is 9.73 Å². The van der Waals surface area contributed by atoms with Gasteiger partial charge in [-0.25, -0.2) is 4.99 Å². The molecule has 1 aromatic rings. The maximum absolute atomic E-state index is 11.5. The normalized spacial score (nSPS) is 19.3. The third-order valence-electron chi connectivity index (χ3n) is 5.25. The molecule has 1 aromatic carbocycles. The molecular weight excluding hydrogens is 479 g/mol. The van der Waals surface area contributed by atoms with Crippen molar-refractivity contribution >= 4 is 41.5 Å². The van der Waals surface area contributed by atoms with Crippen molar-refractivity contribution in [2.24, 2.45) is 10.4 Å². The molecule has 29 heavy (non-hydrogen) atoms. The van der Waals surface area contributed by atoms with Gasteiger partial charge >= 0.3 is 0 Å². The number of guanidine groups is 1. The summed E-state index contributed by atoms with van der Waals surface area (Å²) < 4.78 is 5.34. The number of anilines is 1. The van der Waals surface area contributed by atoms with Crippen molar-refractivity contribution in [3.63, 3.8) is 0 Å². The van der Waals surface area contributed by atoms with Crippen molar-refractivity contribution in [2.45, 2.75) is 59.9 Å². The lowest BCUT2D eigenvalue weighted by molar-refractivity contribution is -0.114. The molecule has 2 rings (SSSR count). The van der Waals surface area contributed by atoms with Gasteiger partial charge in [-0.3, -0.25) is 4.79 Å². The lowest BCUT2D eigenvalue weighted by Crippen LogP contribution is -2.49. The van der Waals surface area contributed by atoms with Gasteiger partial charge in [0.15, 0.2) is 5.96 Å². The molecule has 1 heterocycles. The van der Waals surface area contributed by atoms with E-state index < -0.39 is 0 Å². The van der Waals surface area contributed by atoms with Crippen LogP contribution in [0.25, 0.3) is 0 Å². The van der Waals surface area contributed by atoms with Crippen molar-refractivity contribution < 1.29 is 9.53 Å². The second-order valence-corrected chi connectivity index (χ2v) is 7.97. The predicted molar refractivity (Wildman–Crippen MR) is 131 cm³/mol. The number of aliphatic imine (C=N–C) groups is 1. The van der Waals surface area contributed by atoms with Crippen LogP contribution in [0.2, 0.25) is 0 Å². The SMILES string of the molecule is CCCC1(C)CCCN(C(=NCc2ccc(OC)c(NC(C)=O)c2)NCC)C1.I. The zero-order valence-corrected chi connectivity index (χ0v) is 20.8. The van der Waals surface area contributed by atoms with E-state index >= 15 is 0 Å². The van der Waals surface area contributed by atoms with Crippen LogP contribution >= 0.6 is 24.0 Å². The molecule has 0 saturated carbocycles. The van der Waals surface area contributed by atoms with E-state index in [0.29, 0.717) is 23.4 Å². The van der Waals surface area contributed by atoms with Crippen LogP contribution in [0.15, 0.2) is 23.2 Å². The van der Waals surface area contributed by atoms with Crippen LogP contribution in [-0.4, -0.2) is 43.5 Å². The maximum Gasteiger partial charge on any atom is 0.221 e. The van der Waals surface area contributed by atoms with Gasteiger partial charge in [0.1, 0.15) is 5.75 Å². The molecule has 0 spiro atoms. The Balaban J connectivity index is 0.00000420. The fourth-order valence-corrected chi connectivity index (χ4v) is 4.04. The highest BCUT2D eigenvalue weighted by Crippen LogP contribution is 2.34. The first-order valence-electron chi connectivity index (χ1n) is 10.4. The number of amides is 1. The summed E-state index contributed by atoms with van der Waals surface area (Å²) in [6, 6.07) is 5.81. The summed E-state index contributed by atoms with van der Waals surface area (Å²) in [5.74, 6) is 1.51. The molecule has 1 fully saturated rings. The second-order valence-electron chi connectivity index (χ2n) is 7.97. The van der Waals surface area contributed by atoms with Crippen LogP contribution in [0, 0.1) is 5.41 Å². The van der Waals surface area contributed by atoms with E-state index in [1.165, 1.54) is 32.6 Å². The molecule has 0 aliphatic carbocycles. The van der Waals surface area contributed by atoms with Crippen LogP contribution in [-0.2, 0) is 11.3 Å². The molecule has 1 aliphatic rings. The number of halogens is 1. The first-order chi connectivity index (χ1) is 13.4. The number of nitrogens with one attached hydrogen (secondary N) is 2. The van der Waals surface area contributed by atoms with Gasteiger partial charge in [0, 0.05) is 26.6 Å². The van der Waals surface area contributed by atoms with E-state index in [9.17, 15) is 4.79 Å². The van der Waals surface area contributed by atoms with Crippen molar-refractivity contribution in [3.05, 3.63) is 23.8 Å². The Morgan fingerprint density at radius 2 is 2.10 bits per heavy atom.